The molecule has 18 heavy (non-hydrogen) atoms. The largest absolute Gasteiger partial charge is 0.468 e. The fraction of sp³-hybridized carbons (Fsp3) is 0.846. The molecule has 0 bridgehead atoms. The first-order chi connectivity index (χ1) is 7.95. The molecule has 0 aliphatic rings. The van der Waals surface area contributed by atoms with Gasteiger partial charge < -0.3 is 15.4 Å². The fourth-order valence-electron chi connectivity index (χ4n) is 1.33. The van der Waals surface area contributed by atoms with E-state index in [1.54, 1.807) is 13.8 Å². The highest BCUT2D eigenvalue weighted by Crippen LogP contribution is 2.31. The van der Waals surface area contributed by atoms with Gasteiger partial charge in [0.2, 0.25) is 5.91 Å². The van der Waals surface area contributed by atoms with Gasteiger partial charge in [0, 0.05) is 11.6 Å². The molecule has 1 amide bonds. The zero-order valence-corrected chi connectivity index (χ0v) is 12.5. The van der Waals surface area contributed by atoms with Gasteiger partial charge in [-0.1, -0.05) is 0 Å². The molecule has 0 unspecified atom stereocenters. The van der Waals surface area contributed by atoms with Gasteiger partial charge >= 0.3 is 5.97 Å². The van der Waals surface area contributed by atoms with E-state index in [1.165, 1.54) is 12.0 Å². The topological polar surface area (TPSA) is 72.6 Å². The third-order valence-corrected chi connectivity index (χ3v) is 3.56. The van der Waals surface area contributed by atoms with Crippen molar-refractivity contribution in [3.8, 4) is 0 Å². The maximum absolute atomic E-state index is 12.5. The average molecular weight is 258 g/mol. The smallest absolute Gasteiger partial charge is 0.325 e. The Balaban J connectivity index is 5.16. The van der Waals surface area contributed by atoms with Gasteiger partial charge in [0.15, 0.2) is 0 Å². The Morgan fingerprint density at radius 2 is 1.67 bits per heavy atom. The normalized spacial score (nSPS) is 12.5. The fourth-order valence-corrected chi connectivity index (χ4v) is 1.33. The van der Waals surface area contributed by atoms with E-state index in [9.17, 15) is 9.59 Å². The lowest BCUT2D eigenvalue weighted by molar-refractivity contribution is -0.154. The highest BCUT2D eigenvalue weighted by atomic mass is 16.5. The number of amides is 1. The summed E-state index contributed by atoms with van der Waals surface area (Å²) in [6, 6.07) is -0.0850. The van der Waals surface area contributed by atoms with E-state index in [1.807, 2.05) is 27.7 Å². The number of nitrogens with two attached hydrogens (primary N) is 1. The lowest BCUT2D eigenvalue weighted by Crippen LogP contribution is -2.58. The molecular formula is C13H26N2O3. The second-order valence-electron chi connectivity index (χ2n) is 5.95. The molecule has 0 aliphatic heterocycles. The predicted molar refractivity (Wildman–Crippen MR) is 70.9 cm³/mol. The van der Waals surface area contributed by atoms with Crippen LogP contribution in [0, 0.1) is 5.41 Å². The molecule has 0 aliphatic carbocycles. The van der Waals surface area contributed by atoms with Gasteiger partial charge in [0.1, 0.15) is 6.54 Å². The lowest BCUT2D eigenvalue weighted by atomic mass is 9.74. The monoisotopic (exact) mass is 258 g/mol. The molecule has 0 rings (SSSR count). The third kappa shape index (κ3) is 3.70. The molecule has 0 spiro atoms. The summed E-state index contributed by atoms with van der Waals surface area (Å²) in [5.41, 5.74) is 4.62. The van der Waals surface area contributed by atoms with Crippen molar-refractivity contribution in [3.05, 3.63) is 0 Å². The SMILES string of the molecule is COC(=O)CN(C(=O)C(C)(C)C(C)(C)N)C(C)C. The summed E-state index contributed by atoms with van der Waals surface area (Å²) < 4.78 is 4.62. The van der Waals surface area contributed by atoms with E-state index in [0.717, 1.165) is 0 Å². The zero-order valence-electron chi connectivity index (χ0n) is 12.5. The minimum atomic E-state index is -0.759. The quantitative estimate of drug-likeness (QED) is 0.751. The van der Waals surface area contributed by atoms with Gasteiger partial charge in [0.05, 0.1) is 12.5 Å². The maximum atomic E-state index is 12.5. The second-order valence-corrected chi connectivity index (χ2v) is 5.95. The van der Waals surface area contributed by atoms with E-state index in [0.29, 0.717) is 0 Å². The summed E-state index contributed by atoms with van der Waals surface area (Å²) in [5.74, 6) is -0.571. The van der Waals surface area contributed by atoms with Crippen LogP contribution in [0.1, 0.15) is 41.5 Å². The number of nitrogens with zero attached hydrogens (tertiary/aromatic N) is 1. The summed E-state index contributed by atoms with van der Waals surface area (Å²) in [4.78, 5) is 25.4. The minimum absolute atomic E-state index is 0.0491. The first-order valence-corrected chi connectivity index (χ1v) is 6.12. The van der Waals surface area contributed by atoms with Gasteiger partial charge in [-0.05, 0) is 41.5 Å². The Hall–Kier alpha value is -1.10. The van der Waals surface area contributed by atoms with Crippen LogP contribution >= 0.6 is 0 Å². The molecule has 0 saturated heterocycles. The standard InChI is InChI=1S/C13H26N2O3/c1-9(2)15(8-10(16)18-7)11(17)12(3,4)13(5,6)14/h9H,8,14H2,1-7H3. The van der Waals surface area contributed by atoms with E-state index in [4.69, 9.17) is 5.73 Å². The van der Waals surface area contributed by atoms with Crippen molar-refractivity contribution in [2.45, 2.75) is 53.1 Å². The zero-order chi connectivity index (χ0) is 14.7. The van der Waals surface area contributed by atoms with Crippen molar-refractivity contribution in [1.82, 2.24) is 4.90 Å². The Morgan fingerprint density at radius 3 is 1.94 bits per heavy atom. The third-order valence-electron chi connectivity index (χ3n) is 3.56. The number of rotatable bonds is 5. The number of carbonyl (C=O) groups is 2. The van der Waals surface area contributed by atoms with Crippen molar-refractivity contribution in [1.29, 1.82) is 0 Å². The van der Waals surface area contributed by atoms with Crippen LogP contribution in [0.5, 0.6) is 0 Å². The molecule has 0 fully saturated rings. The summed E-state index contributed by atoms with van der Waals surface area (Å²) in [6.07, 6.45) is 0. The first-order valence-electron chi connectivity index (χ1n) is 6.12. The van der Waals surface area contributed by atoms with Crippen LogP contribution in [0.3, 0.4) is 0 Å². The maximum Gasteiger partial charge on any atom is 0.325 e. The molecule has 0 aromatic heterocycles. The molecule has 0 saturated carbocycles. The summed E-state index contributed by atoms with van der Waals surface area (Å²) >= 11 is 0. The number of hydrogen-bond donors (Lipinski definition) is 1. The lowest BCUT2D eigenvalue weighted by Gasteiger charge is -2.41. The van der Waals surface area contributed by atoms with Crippen molar-refractivity contribution in [2.75, 3.05) is 13.7 Å². The molecule has 0 radical (unpaired) electrons. The molecule has 0 heterocycles. The van der Waals surface area contributed by atoms with Crippen molar-refractivity contribution >= 4 is 11.9 Å². The van der Waals surface area contributed by atoms with Crippen molar-refractivity contribution in [2.24, 2.45) is 11.1 Å². The summed E-state index contributed by atoms with van der Waals surface area (Å²) in [5, 5.41) is 0. The van der Waals surface area contributed by atoms with Crippen LogP contribution < -0.4 is 5.73 Å². The van der Waals surface area contributed by atoms with Crippen LogP contribution in [-0.4, -0.2) is 42.0 Å². The van der Waals surface area contributed by atoms with Gasteiger partial charge in [-0.3, -0.25) is 9.59 Å². The van der Waals surface area contributed by atoms with Crippen molar-refractivity contribution in [3.63, 3.8) is 0 Å². The van der Waals surface area contributed by atoms with Gasteiger partial charge in [0.25, 0.3) is 0 Å². The number of carbonyl (C=O) groups excluding carboxylic acids is 2. The van der Waals surface area contributed by atoms with E-state index in [2.05, 4.69) is 4.74 Å². The Kier molecular flexibility index (Phi) is 5.35. The molecule has 0 aromatic rings. The Morgan fingerprint density at radius 1 is 1.22 bits per heavy atom. The molecule has 106 valence electrons. The molecule has 0 atom stereocenters. The number of methoxy groups -OCH3 is 1. The molecule has 0 aromatic carbocycles. The number of esters is 1. The van der Waals surface area contributed by atoms with Crippen LogP contribution in [-0.2, 0) is 14.3 Å². The minimum Gasteiger partial charge on any atom is -0.468 e. The van der Waals surface area contributed by atoms with Crippen LogP contribution in [0.4, 0.5) is 0 Å². The Bertz CT molecular complexity index is 317. The predicted octanol–water partition coefficient (Wildman–Crippen LogP) is 1.16. The summed E-state index contributed by atoms with van der Waals surface area (Å²) in [7, 11) is 1.31. The molecular weight excluding hydrogens is 232 g/mol. The van der Waals surface area contributed by atoms with E-state index in [-0.39, 0.29) is 18.5 Å². The van der Waals surface area contributed by atoms with Crippen molar-refractivity contribution < 1.29 is 14.3 Å². The van der Waals surface area contributed by atoms with Crippen LogP contribution in [0.25, 0.3) is 0 Å². The molecule has 5 nitrogen and oxygen atoms in total. The molecule has 5 heteroatoms. The van der Waals surface area contributed by atoms with Crippen LogP contribution in [0.15, 0.2) is 0 Å². The average Bonchev–Trinajstić information content (AvgIpc) is 2.22. The van der Waals surface area contributed by atoms with E-state index >= 15 is 0 Å². The van der Waals surface area contributed by atoms with Crippen LogP contribution in [0.2, 0.25) is 0 Å². The molecule has 2 N–H and O–H groups in total. The van der Waals surface area contributed by atoms with Gasteiger partial charge in [-0.25, -0.2) is 0 Å². The Labute approximate surface area is 110 Å². The van der Waals surface area contributed by atoms with E-state index < -0.39 is 16.9 Å². The van der Waals surface area contributed by atoms with Gasteiger partial charge in [-0.15, -0.1) is 0 Å². The number of ether oxygens (including phenoxy) is 1. The summed E-state index contributed by atoms with van der Waals surface area (Å²) in [6.45, 7) is 10.9. The first kappa shape index (κ1) is 16.9. The number of hydrogen-bond acceptors (Lipinski definition) is 4. The highest BCUT2D eigenvalue weighted by Gasteiger charge is 2.43. The van der Waals surface area contributed by atoms with Gasteiger partial charge in [-0.2, -0.15) is 0 Å². The second kappa shape index (κ2) is 5.69. The highest BCUT2D eigenvalue weighted by molar-refractivity contribution is 5.87.